The highest BCUT2D eigenvalue weighted by Crippen LogP contribution is 2.24. The summed E-state index contributed by atoms with van der Waals surface area (Å²) in [6.45, 7) is 4.95. The molecule has 18 heavy (non-hydrogen) atoms. The molecule has 1 saturated heterocycles. The van der Waals surface area contributed by atoms with Crippen LogP contribution in [0.15, 0.2) is 29.2 Å². The van der Waals surface area contributed by atoms with Crippen molar-refractivity contribution < 1.29 is 4.79 Å². The number of thioether (sulfide) groups is 1. The van der Waals surface area contributed by atoms with Gasteiger partial charge >= 0.3 is 0 Å². The maximum Gasteiger partial charge on any atom is 0.244 e. The van der Waals surface area contributed by atoms with Crippen LogP contribution >= 0.6 is 11.8 Å². The molecule has 1 aliphatic rings. The lowest BCUT2D eigenvalue weighted by Gasteiger charge is -2.18. The molecule has 1 heterocycles. The van der Waals surface area contributed by atoms with E-state index >= 15 is 0 Å². The predicted molar refractivity (Wildman–Crippen MR) is 77.3 cm³/mol. The average molecular weight is 264 g/mol. The summed E-state index contributed by atoms with van der Waals surface area (Å²) in [5, 5.41) is 3.32. The molecule has 3 nitrogen and oxygen atoms in total. The number of hydrogen-bond acceptors (Lipinski definition) is 3. The van der Waals surface area contributed by atoms with Gasteiger partial charge in [-0.25, -0.2) is 0 Å². The summed E-state index contributed by atoms with van der Waals surface area (Å²) in [6, 6.07) is 8.51. The van der Waals surface area contributed by atoms with Crippen LogP contribution in [0.4, 0.5) is 5.69 Å². The fraction of sp³-hybridized carbons (Fsp3) is 0.500. The van der Waals surface area contributed by atoms with Gasteiger partial charge in [-0.15, -0.1) is 11.8 Å². The predicted octanol–water partition coefficient (Wildman–Crippen LogP) is 2.51. The lowest BCUT2D eigenvalue weighted by molar-refractivity contribution is -0.118. The first-order chi connectivity index (χ1) is 8.61. The van der Waals surface area contributed by atoms with Gasteiger partial charge in [0.1, 0.15) is 0 Å². The molecule has 1 amide bonds. The van der Waals surface area contributed by atoms with Gasteiger partial charge in [0.05, 0.1) is 6.04 Å². The second-order valence-corrected chi connectivity index (χ2v) is 5.73. The van der Waals surface area contributed by atoms with E-state index in [0.29, 0.717) is 6.04 Å². The number of hydrogen-bond donors (Lipinski definition) is 1. The second kappa shape index (κ2) is 5.76. The highest BCUT2D eigenvalue weighted by atomic mass is 32.2. The zero-order valence-corrected chi connectivity index (χ0v) is 12.0. The van der Waals surface area contributed by atoms with Crippen LogP contribution in [0.1, 0.15) is 20.3 Å². The van der Waals surface area contributed by atoms with Crippen molar-refractivity contribution in [3.8, 4) is 0 Å². The van der Waals surface area contributed by atoms with Gasteiger partial charge in [-0.1, -0.05) is 13.8 Å². The van der Waals surface area contributed by atoms with Crippen LogP contribution in [0.25, 0.3) is 0 Å². The van der Waals surface area contributed by atoms with Crippen LogP contribution in [0.2, 0.25) is 0 Å². The summed E-state index contributed by atoms with van der Waals surface area (Å²) in [5.41, 5.74) is 1.01. The summed E-state index contributed by atoms with van der Waals surface area (Å²) in [4.78, 5) is 15.4. The van der Waals surface area contributed by atoms with E-state index in [1.54, 1.807) is 11.8 Å². The fourth-order valence-electron chi connectivity index (χ4n) is 2.26. The first-order valence-corrected chi connectivity index (χ1v) is 7.56. The third-order valence-corrected chi connectivity index (χ3v) is 3.87. The Balaban J connectivity index is 2.08. The Kier molecular flexibility index (Phi) is 4.30. The first-order valence-electron chi connectivity index (χ1n) is 6.33. The zero-order chi connectivity index (χ0) is 13.1. The zero-order valence-electron chi connectivity index (χ0n) is 11.1. The summed E-state index contributed by atoms with van der Waals surface area (Å²) in [7, 11) is 0. The van der Waals surface area contributed by atoms with Gasteiger partial charge in [0.15, 0.2) is 0 Å². The van der Waals surface area contributed by atoms with E-state index in [1.807, 2.05) is 17.0 Å². The molecule has 1 unspecified atom stereocenters. The van der Waals surface area contributed by atoms with Crippen LogP contribution < -0.4 is 10.2 Å². The Morgan fingerprint density at radius 1 is 1.33 bits per heavy atom. The third-order valence-electron chi connectivity index (χ3n) is 3.12. The summed E-state index contributed by atoms with van der Waals surface area (Å²) < 4.78 is 0. The molecule has 1 aromatic carbocycles. The Bertz CT molecular complexity index is 416. The standard InChI is InChI=1S/C14H20N2OS/c1-10(2)15-13-8-9-16(14(13)17)11-4-6-12(18-3)7-5-11/h4-7,10,13,15H,8-9H2,1-3H3. The molecule has 1 aliphatic heterocycles. The van der Waals surface area contributed by atoms with Crippen molar-refractivity contribution in [1.29, 1.82) is 0 Å². The SMILES string of the molecule is CSc1ccc(N2CCC(NC(C)C)C2=O)cc1. The molecule has 0 aliphatic carbocycles. The van der Waals surface area contributed by atoms with Crippen LogP contribution in [0.5, 0.6) is 0 Å². The molecular formula is C14H20N2OS. The van der Waals surface area contributed by atoms with Crippen molar-refractivity contribution in [2.24, 2.45) is 0 Å². The number of carbonyl (C=O) groups is 1. The van der Waals surface area contributed by atoms with Gasteiger partial charge in [0.25, 0.3) is 0 Å². The molecule has 98 valence electrons. The maximum absolute atomic E-state index is 12.3. The fourth-order valence-corrected chi connectivity index (χ4v) is 2.66. The quantitative estimate of drug-likeness (QED) is 0.848. The first kappa shape index (κ1) is 13.4. The molecule has 0 radical (unpaired) electrons. The van der Waals surface area contributed by atoms with Crippen LogP contribution in [-0.4, -0.2) is 30.8 Å². The number of amides is 1. The minimum Gasteiger partial charge on any atom is -0.311 e. The lowest BCUT2D eigenvalue weighted by atomic mass is 10.2. The highest BCUT2D eigenvalue weighted by molar-refractivity contribution is 7.98. The van der Waals surface area contributed by atoms with Gasteiger partial charge < -0.3 is 10.2 Å². The normalized spacial score (nSPS) is 19.9. The third kappa shape index (κ3) is 2.87. The lowest BCUT2D eigenvalue weighted by Crippen LogP contribution is -2.41. The van der Waals surface area contributed by atoms with Crippen molar-refractivity contribution in [1.82, 2.24) is 5.32 Å². The molecule has 0 saturated carbocycles. The minimum atomic E-state index is -0.0229. The monoisotopic (exact) mass is 264 g/mol. The Morgan fingerprint density at radius 2 is 2.00 bits per heavy atom. The number of benzene rings is 1. The van der Waals surface area contributed by atoms with Gasteiger partial charge in [-0.2, -0.15) is 0 Å². The van der Waals surface area contributed by atoms with Crippen molar-refractivity contribution in [2.45, 2.75) is 37.2 Å². The average Bonchev–Trinajstić information content (AvgIpc) is 2.71. The van der Waals surface area contributed by atoms with Crippen LogP contribution in [0.3, 0.4) is 0 Å². The highest BCUT2D eigenvalue weighted by Gasteiger charge is 2.32. The summed E-state index contributed by atoms with van der Waals surface area (Å²) in [6.07, 6.45) is 2.94. The van der Waals surface area contributed by atoms with Gasteiger partial charge in [0.2, 0.25) is 5.91 Å². The van der Waals surface area contributed by atoms with Gasteiger partial charge in [-0.3, -0.25) is 4.79 Å². The molecule has 1 atom stereocenters. The molecular weight excluding hydrogens is 244 g/mol. The number of nitrogens with one attached hydrogen (secondary N) is 1. The van der Waals surface area contributed by atoms with Crippen molar-refractivity contribution >= 4 is 23.4 Å². The van der Waals surface area contributed by atoms with E-state index < -0.39 is 0 Å². The second-order valence-electron chi connectivity index (χ2n) is 4.85. The van der Waals surface area contributed by atoms with Gasteiger partial charge in [0, 0.05) is 23.2 Å². The van der Waals surface area contributed by atoms with Crippen LogP contribution in [0, 0.1) is 0 Å². The van der Waals surface area contributed by atoms with Crippen LogP contribution in [-0.2, 0) is 4.79 Å². The van der Waals surface area contributed by atoms with E-state index in [1.165, 1.54) is 4.90 Å². The minimum absolute atomic E-state index is 0.0229. The molecule has 1 aromatic rings. The number of nitrogens with zero attached hydrogens (tertiary/aromatic N) is 1. The molecule has 1 N–H and O–H groups in total. The molecule has 2 rings (SSSR count). The summed E-state index contributed by atoms with van der Waals surface area (Å²) >= 11 is 1.71. The summed E-state index contributed by atoms with van der Waals surface area (Å²) in [5.74, 6) is 0.195. The Hall–Kier alpha value is -1.00. The van der Waals surface area contributed by atoms with E-state index in [2.05, 4.69) is 37.6 Å². The van der Waals surface area contributed by atoms with E-state index in [9.17, 15) is 4.79 Å². The Labute approximate surface area is 113 Å². The van der Waals surface area contributed by atoms with Crippen molar-refractivity contribution in [3.63, 3.8) is 0 Å². The molecule has 0 aromatic heterocycles. The number of rotatable bonds is 4. The number of carbonyl (C=O) groups excluding carboxylic acids is 1. The van der Waals surface area contributed by atoms with Gasteiger partial charge in [-0.05, 0) is 36.9 Å². The number of anilines is 1. The maximum atomic E-state index is 12.3. The molecule has 0 bridgehead atoms. The van der Waals surface area contributed by atoms with Crippen molar-refractivity contribution in [3.05, 3.63) is 24.3 Å². The van der Waals surface area contributed by atoms with Crippen molar-refractivity contribution in [2.75, 3.05) is 17.7 Å². The van der Waals surface area contributed by atoms with E-state index in [0.717, 1.165) is 18.7 Å². The molecule has 0 spiro atoms. The molecule has 4 heteroatoms. The van der Waals surface area contributed by atoms with E-state index in [-0.39, 0.29) is 11.9 Å². The topological polar surface area (TPSA) is 32.3 Å². The Morgan fingerprint density at radius 3 is 2.56 bits per heavy atom. The van der Waals surface area contributed by atoms with E-state index in [4.69, 9.17) is 0 Å². The largest absolute Gasteiger partial charge is 0.311 e. The smallest absolute Gasteiger partial charge is 0.244 e. The molecule has 1 fully saturated rings.